The molecule has 7 heteroatoms. The second kappa shape index (κ2) is 12.5. The lowest BCUT2D eigenvalue weighted by Gasteiger charge is -2.13. The van der Waals surface area contributed by atoms with E-state index in [-0.39, 0.29) is 23.5 Å². The van der Waals surface area contributed by atoms with Gasteiger partial charge in [-0.3, -0.25) is 4.79 Å². The van der Waals surface area contributed by atoms with Gasteiger partial charge in [0.25, 0.3) is 0 Å². The van der Waals surface area contributed by atoms with Gasteiger partial charge in [-0.1, -0.05) is 35.4 Å². The molecule has 0 saturated carbocycles. The van der Waals surface area contributed by atoms with Gasteiger partial charge in [0.05, 0.1) is 13.2 Å². The molecule has 0 aliphatic heterocycles. The van der Waals surface area contributed by atoms with E-state index in [1.54, 1.807) is 24.3 Å². The lowest BCUT2D eigenvalue weighted by atomic mass is 10.1. The average molecular weight is 453 g/mol. The second-order valence-electron chi connectivity index (χ2n) is 6.59. The number of aliphatic hydroxyl groups is 1. The van der Waals surface area contributed by atoms with Gasteiger partial charge < -0.3 is 19.0 Å². The maximum atomic E-state index is 12.2. The molecule has 2 rings (SSSR count). The SMILES string of the molecule is C=CCc1oc(CO)cc(=O)c1OCCCCCOc1cc(Cl)cc(Cl)c1CC=C. The highest BCUT2D eigenvalue weighted by Gasteiger charge is 2.13. The molecule has 1 aromatic heterocycles. The van der Waals surface area contributed by atoms with Gasteiger partial charge in [0, 0.05) is 28.1 Å². The summed E-state index contributed by atoms with van der Waals surface area (Å²) in [5, 5.41) is 10.3. The van der Waals surface area contributed by atoms with E-state index >= 15 is 0 Å². The Balaban J connectivity index is 1.82. The number of benzene rings is 1. The van der Waals surface area contributed by atoms with Crippen molar-refractivity contribution in [1.82, 2.24) is 0 Å². The molecule has 30 heavy (non-hydrogen) atoms. The van der Waals surface area contributed by atoms with Crippen LogP contribution in [0.4, 0.5) is 0 Å². The van der Waals surface area contributed by atoms with Gasteiger partial charge in [-0.25, -0.2) is 0 Å². The van der Waals surface area contributed by atoms with E-state index in [4.69, 9.17) is 37.1 Å². The minimum absolute atomic E-state index is 0.172. The van der Waals surface area contributed by atoms with E-state index < -0.39 is 0 Å². The maximum Gasteiger partial charge on any atom is 0.227 e. The molecule has 0 unspecified atom stereocenters. The highest BCUT2D eigenvalue weighted by atomic mass is 35.5. The van der Waals surface area contributed by atoms with E-state index in [1.165, 1.54) is 6.07 Å². The smallest absolute Gasteiger partial charge is 0.227 e. The molecule has 0 bridgehead atoms. The van der Waals surface area contributed by atoms with Crippen LogP contribution in [0.2, 0.25) is 10.0 Å². The van der Waals surface area contributed by atoms with Crippen molar-refractivity contribution in [2.75, 3.05) is 13.2 Å². The molecule has 0 radical (unpaired) electrons. The lowest BCUT2D eigenvalue weighted by Crippen LogP contribution is -2.12. The van der Waals surface area contributed by atoms with E-state index in [9.17, 15) is 9.90 Å². The van der Waals surface area contributed by atoms with E-state index in [1.807, 2.05) is 0 Å². The van der Waals surface area contributed by atoms with Crippen LogP contribution in [0, 0.1) is 0 Å². The van der Waals surface area contributed by atoms with Gasteiger partial charge in [-0.05, 0) is 37.8 Å². The van der Waals surface area contributed by atoms with Crippen LogP contribution in [0.3, 0.4) is 0 Å². The lowest BCUT2D eigenvalue weighted by molar-refractivity contribution is 0.229. The third kappa shape index (κ3) is 6.94. The van der Waals surface area contributed by atoms with Crippen LogP contribution in [-0.2, 0) is 19.4 Å². The molecule has 2 aromatic rings. The van der Waals surface area contributed by atoms with Gasteiger partial charge in [0.15, 0.2) is 5.76 Å². The molecular formula is C23H26Cl2O5. The molecule has 1 N–H and O–H groups in total. The van der Waals surface area contributed by atoms with Crippen LogP contribution in [0.5, 0.6) is 11.5 Å². The zero-order valence-corrected chi connectivity index (χ0v) is 18.3. The molecule has 0 fully saturated rings. The van der Waals surface area contributed by atoms with E-state index in [0.717, 1.165) is 24.8 Å². The molecule has 1 heterocycles. The van der Waals surface area contributed by atoms with Gasteiger partial charge >= 0.3 is 0 Å². The standard InChI is InChI=1S/C23H26Cl2O5/c1-3-8-18-19(25)12-16(24)13-22(18)28-10-6-5-7-11-29-23-20(27)14-17(15-26)30-21(23)9-4-2/h3-4,12-14,26H,1-2,5-11,15H2. The summed E-state index contributed by atoms with van der Waals surface area (Å²) in [6.45, 7) is 7.93. The number of hydrogen-bond donors (Lipinski definition) is 1. The summed E-state index contributed by atoms with van der Waals surface area (Å²) in [4.78, 5) is 12.2. The number of halogens is 2. The Kier molecular flexibility index (Phi) is 10.0. The van der Waals surface area contributed by atoms with Crippen molar-refractivity contribution in [1.29, 1.82) is 0 Å². The highest BCUT2D eigenvalue weighted by molar-refractivity contribution is 6.35. The first kappa shape index (κ1) is 24.1. The zero-order valence-electron chi connectivity index (χ0n) is 16.8. The number of hydrogen-bond acceptors (Lipinski definition) is 5. The molecule has 0 saturated heterocycles. The number of ether oxygens (including phenoxy) is 2. The summed E-state index contributed by atoms with van der Waals surface area (Å²) in [6, 6.07) is 4.69. The molecule has 1 aromatic carbocycles. The molecule has 0 aliphatic carbocycles. The largest absolute Gasteiger partial charge is 0.493 e. The number of unbranched alkanes of at least 4 members (excludes halogenated alkanes) is 2. The third-order valence-electron chi connectivity index (χ3n) is 4.27. The first-order valence-electron chi connectivity index (χ1n) is 9.72. The van der Waals surface area contributed by atoms with Gasteiger partial charge in [0.2, 0.25) is 11.2 Å². The molecular weight excluding hydrogens is 427 g/mol. The van der Waals surface area contributed by atoms with E-state index in [0.29, 0.717) is 47.6 Å². The summed E-state index contributed by atoms with van der Waals surface area (Å²) in [5.41, 5.74) is 0.560. The maximum absolute atomic E-state index is 12.2. The summed E-state index contributed by atoms with van der Waals surface area (Å²) < 4.78 is 17.0. The fourth-order valence-electron chi connectivity index (χ4n) is 2.87. The van der Waals surface area contributed by atoms with Gasteiger partial charge in [0.1, 0.15) is 18.1 Å². The van der Waals surface area contributed by atoms with Crippen LogP contribution >= 0.6 is 23.2 Å². The molecule has 0 amide bonds. The second-order valence-corrected chi connectivity index (χ2v) is 7.44. The van der Waals surface area contributed by atoms with Crippen LogP contribution in [-0.4, -0.2) is 18.3 Å². The molecule has 0 aliphatic rings. The highest BCUT2D eigenvalue weighted by Crippen LogP contribution is 2.31. The molecule has 0 atom stereocenters. The Hall–Kier alpha value is -2.21. The predicted octanol–water partition coefficient (Wildman–Crippen LogP) is 5.52. The Labute approximate surface area is 186 Å². The van der Waals surface area contributed by atoms with E-state index in [2.05, 4.69) is 13.2 Å². The topological polar surface area (TPSA) is 68.9 Å². The number of rotatable bonds is 13. The normalized spacial score (nSPS) is 10.6. The third-order valence-corrected chi connectivity index (χ3v) is 4.82. The number of allylic oxidation sites excluding steroid dienone is 2. The Morgan fingerprint density at radius 2 is 1.70 bits per heavy atom. The fraction of sp³-hybridized carbons (Fsp3) is 0.348. The first-order chi connectivity index (χ1) is 14.5. The summed E-state index contributed by atoms with van der Waals surface area (Å²) in [6.07, 6.45) is 6.73. The van der Waals surface area contributed by atoms with Gasteiger partial charge in [-0.2, -0.15) is 0 Å². The molecule has 0 spiro atoms. The molecule has 162 valence electrons. The van der Waals surface area contributed by atoms with Crippen molar-refractivity contribution in [3.63, 3.8) is 0 Å². The van der Waals surface area contributed by atoms with Crippen LogP contribution < -0.4 is 14.9 Å². The fourth-order valence-corrected chi connectivity index (χ4v) is 3.42. The van der Waals surface area contributed by atoms with Crippen molar-refractivity contribution in [2.45, 2.75) is 38.7 Å². The minimum atomic E-state index is -0.341. The summed E-state index contributed by atoms with van der Waals surface area (Å²) in [7, 11) is 0. The van der Waals surface area contributed by atoms with Crippen molar-refractivity contribution < 1.29 is 19.0 Å². The Morgan fingerprint density at radius 1 is 1.00 bits per heavy atom. The zero-order chi connectivity index (χ0) is 21.9. The van der Waals surface area contributed by atoms with Gasteiger partial charge in [-0.15, -0.1) is 13.2 Å². The number of aliphatic hydroxyl groups excluding tert-OH is 1. The van der Waals surface area contributed by atoms with Crippen LogP contribution in [0.1, 0.15) is 36.3 Å². The van der Waals surface area contributed by atoms with Crippen molar-refractivity contribution in [2.24, 2.45) is 0 Å². The van der Waals surface area contributed by atoms with Crippen molar-refractivity contribution >= 4 is 23.2 Å². The van der Waals surface area contributed by atoms with Crippen molar-refractivity contribution in [3.05, 3.63) is 80.9 Å². The first-order valence-corrected chi connectivity index (χ1v) is 10.5. The van der Waals surface area contributed by atoms with Crippen LogP contribution in [0.15, 0.2) is 52.7 Å². The molecule has 5 nitrogen and oxygen atoms in total. The Morgan fingerprint density at radius 3 is 2.37 bits per heavy atom. The van der Waals surface area contributed by atoms with Crippen LogP contribution in [0.25, 0.3) is 0 Å². The predicted molar refractivity (Wildman–Crippen MR) is 120 cm³/mol. The Bertz CT molecular complexity index is 921. The monoisotopic (exact) mass is 452 g/mol. The summed E-state index contributed by atoms with van der Waals surface area (Å²) in [5.74, 6) is 1.42. The quantitative estimate of drug-likeness (QED) is 0.319. The minimum Gasteiger partial charge on any atom is -0.493 e. The summed E-state index contributed by atoms with van der Waals surface area (Å²) >= 11 is 12.3. The average Bonchev–Trinajstić information content (AvgIpc) is 2.71. The van der Waals surface area contributed by atoms with Crippen molar-refractivity contribution in [3.8, 4) is 11.5 Å².